The van der Waals surface area contributed by atoms with E-state index in [1.165, 1.54) is 0 Å². The number of hydrogen-bond donors (Lipinski definition) is 2. The molecule has 0 aliphatic rings. The van der Waals surface area contributed by atoms with Crippen molar-refractivity contribution in [3.05, 3.63) is 41.2 Å². The monoisotopic (exact) mass is 289 g/mol. The van der Waals surface area contributed by atoms with Gasteiger partial charge in [-0.05, 0) is 38.0 Å². The lowest BCUT2D eigenvalue weighted by atomic mass is 10.1. The summed E-state index contributed by atoms with van der Waals surface area (Å²) < 4.78 is 7.44. The van der Waals surface area contributed by atoms with Crippen LogP contribution in [0.1, 0.15) is 16.8 Å². The lowest BCUT2D eigenvalue weighted by molar-refractivity contribution is 0.117. The van der Waals surface area contributed by atoms with Crippen LogP contribution in [0.25, 0.3) is 0 Å². The number of nitrogens with one attached hydrogen (secondary N) is 1. The number of nitrogens with zero attached hydrogens (tertiary/aromatic N) is 2. The van der Waals surface area contributed by atoms with Crippen molar-refractivity contribution in [1.29, 1.82) is 0 Å². The highest BCUT2D eigenvalue weighted by molar-refractivity contribution is 5.45. The molecule has 2 N–H and O–H groups in total. The number of aliphatic hydroxyl groups is 1. The molecule has 2 rings (SSSR count). The fourth-order valence-electron chi connectivity index (χ4n) is 2.11. The van der Waals surface area contributed by atoms with Crippen molar-refractivity contribution in [3.63, 3.8) is 0 Å². The molecule has 1 atom stereocenters. The molecule has 0 saturated heterocycles. The summed E-state index contributed by atoms with van der Waals surface area (Å²) >= 11 is 0. The molecule has 0 aliphatic carbocycles. The van der Waals surface area contributed by atoms with Gasteiger partial charge >= 0.3 is 0 Å². The molecule has 1 aromatic carbocycles. The Morgan fingerprint density at radius 2 is 2.10 bits per heavy atom. The van der Waals surface area contributed by atoms with E-state index in [1.807, 2.05) is 52.2 Å². The van der Waals surface area contributed by atoms with Crippen molar-refractivity contribution in [2.24, 2.45) is 7.05 Å². The molecule has 1 unspecified atom stereocenters. The number of aliphatic hydroxyl groups excluding tert-OH is 1. The predicted octanol–water partition coefficient (Wildman–Crippen LogP) is 2.20. The van der Waals surface area contributed by atoms with Crippen molar-refractivity contribution < 1.29 is 9.84 Å². The number of ether oxygens (including phenoxy) is 1. The van der Waals surface area contributed by atoms with Crippen molar-refractivity contribution in [1.82, 2.24) is 9.78 Å². The van der Waals surface area contributed by atoms with Gasteiger partial charge in [0.05, 0.1) is 11.4 Å². The Morgan fingerprint density at radius 1 is 1.33 bits per heavy atom. The minimum absolute atomic E-state index is 0.261. The molecule has 114 valence electrons. The van der Waals surface area contributed by atoms with Gasteiger partial charge in [-0.2, -0.15) is 5.10 Å². The first-order chi connectivity index (χ1) is 9.95. The molecule has 5 heteroatoms. The zero-order valence-electron chi connectivity index (χ0n) is 13.1. The van der Waals surface area contributed by atoms with Crippen LogP contribution in [0.2, 0.25) is 0 Å². The molecule has 5 nitrogen and oxygen atoms in total. The van der Waals surface area contributed by atoms with Gasteiger partial charge in [0.15, 0.2) is 0 Å². The van der Waals surface area contributed by atoms with Gasteiger partial charge in [-0.3, -0.25) is 4.68 Å². The quantitative estimate of drug-likeness (QED) is 0.856. The van der Waals surface area contributed by atoms with Crippen LogP contribution in [-0.4, -0.2) is 34.1 Å². The van der Waals surface area contributed by atoms with E-state index in [0.717, 1.165) is 28.3 Å². The van der Waals surface area contributed by atoms with Crippen LogP contribution < -0.4 is 10.1 Å². The molecule has 0 aliphatic heterocycles. The van der Waals surface area contributed by atoms with Gasteiger partial charge < -0.3 is 15.2 Å². The zero-order chi connectivity index (χ0) is 15.4. The first kappa shape index (κ1) is 15.4. The Morgan fingerprint density at radius 3 is 2.76 bits per heavy atom. The van der Waals surface area contributed by atoms with Crippen molar-refractivity contribution in [2.75, 3.05) is 18.5 Å². The molecular weight excluding hydrogens is 266 g/mol. The van der Waals surface area contributed by atoms with E-state index in [1.54, 1.807) is 4.68 Å². The Balaban J connectivity index is 1.83. The number of hydrogen-bond acceptors (Lipinski definition) is 4. The smallest absolute Gasteiger partial charge is 0.122 e. The van der Waals surface area contributed by atoms with Gasteiger partial charge in [0.2, 0.25) is 0 Å². The van der Waals surface area contributed by atoms with Crippen molar-refractivity contribution in [2.45, 2.75) is 26.9 Å². The van der Waals surface area contributed by atoms with Crippen LogP contribution in [-0.2, 0) is 7.05 Å². The molecular formula is C16H23N3O2. The highest BCUT2D eigenvalue weighted by Gasteiger charge is 2.09. The van der Waals surface area contributed by atoms with E-state index in [0.29, 0.717) is 6.54 Å². The average molecular weight is 289 g/mol. The molecule has 1 heterocycles. The Hall–Kier alpha value is -2.01. The fraction of sp³-hybridized carbons (Fsp3) is 0.438. The highest BCUT2D eigenvalue weighted by Crippen LogP contribution is 2.19. The number of aryl methyl sites for hydroxylation is 4. The van der Waals surface area contributed by atoms with Crippen LogP contribution >= 0.6 is 0 Å². The number of aromatic nitrogens is 2. The van der Waals surface area contributed by atoms with E-state index < -0.39 is 6.10 Å². The maximum Gasteiger partial charge on any atom is 0.122 e. The largest absolute Gasteiger partial charge is 0.491 e. The van der Waals surface area contributed by atoms with Gasteiger partial charge in [0, 0.05) is 19.8 Å². The van der Waals surface area contributed by atoms with Gasteiger partial charge in [-0.25, -0.2) is 0 Å². The lowest BCUT2D eigenvalue weighted by Gasteiger charge is -2.15. The van der Waals surface area contributed by atoms with Gasteiger partial charge in [0.25, 0.3) is 0 Å². The lowest BCUT2D eigenvalue weighted by Crippen LogP contribution is -2.26. The van der Waals surface area contributed by atoms with Gasteiger partial charge in [-0.1, -0.05) is 12.1 Å². The van der Waals surface area contributed by atoms with Crippen LogP contribution in [0.4, 0.5) is 5.69 Å². The normalized spacial score (nSPS) is 12.2. The highest BCUT2D eigenvalue weighted by atomic mass is 16.5. The minimum Gasteiger partial charge on any atom is -0.491 e. The second-order valence-electron chi connectivity index (χ2n) is 5.42. The summed E-state index contributed by atoms with van der Waals surface area (Å²) in [4.78, 5) is 0. The fourth-order valence-corrected chi connectivity index (χ4v) is 2.11. The maximum absolute atomic E-state index is 10.0. The Labute approximate surface area is 125 Å². The summed E-state index contributed by atoms with van der Waals surface area (Å²) in [5.74, 6) is 0.826. The minimum atomic E-state index is -0.579. The van der Waals surface area contributed by atoms with Crippen LogP contribution in [0, 0.1) is 20.8 Å². The molecule has 0 fully saturated rings. The third kappa shape index (κ3) is 4.23. The van der Waals surface area contributed by atoms with Crippen LogP contribution in [0.15, 0.2) is 24.4 Å². The third-order valence-corrected chi connectivity index (χ3v) is 3.32. The maximum atomic E-state index is 10.0. The van der Waals surface area contributed by atoms with Crippen molar-refractivity contribution in [3.8, 4) is 5.75 Å². The summed E-state index contributed by atoms with van der Waals surface area (Å²) in [6, 6.07) is 6.06. The molecule has 2 aromatic rings. The number of benzene rings is 1. The Bertz CT molecular complexity index is 608. The summed E-state index contributed by atoms with van der Waals surface area (Å²) in [5.41, 5.74) is 4.07. The van der Waals surface area contributed by atoms with E-state index in [4.69, 9.17) is 4.74 Å². The standard InChI is InChI=1S/C16H23N3O2/c1-11-5-6-12(2)16(7-11)21-10-14(20)8-17-15-9-19(4)18-13(15)3/h5-7,9,14,17,20H,8,10H2,1-4H3. The molecule has 0 radical (unpaired) electrons. The average Bonchev–Trinajstić information content (AvgIpc) is 2.75. The molecule has 0 amide bonds. The second-order valence-corrected chi connectivity index (χ2v) is 5.42. The molecule has 21 heavy (non-hydrogen) atoms. The van der Waals surface area contributed by atoms with Crippen molar-refractivity contribution >= 4 is 5.69 Å². The molecule has 0 saturated carbocycles. The van der Waals surface area contributed by atoms with Gasteiger partial charge in [0.1, 0.15) is 18.5 Å². The summed E-state index contributed by atoms with van der Waals surface area (Å²) in [7, 11) is 1.87. The molecule has 1 aromatic heterocycles. The zero-order valence-corrected chi connectivity index (χ0v) is 13.1. The van der Waals surface area contributed by atoms with Crippen LogP contribution in [0.3, 0.4) is 0 Å². The first-order valence-corrected chi connectivity index (χ1v) is 7.08. The Kier molecular flexibility index (Phi) is 4.85. The predicted molar refractivity (Wildman–Crippen MR) is 83.9 cm³/mol. The summed E-state index contributed by atoms with van der Waals surface area (Å²) in [6.45, 7) is 6.64. The van der Waals surface area contributed by atoms with Crippen LogP contribution in [0.5, 0.6) is 5.75 Å². The number of anilines is 1. The second kappa shape index (κ2) is 6.63. The molecule has 0 spiro atoms. The van der Waals surface area contributed by atoms with Gasteiger partial charge in [-0.15, -0.1) is 0 Å². The summed E-state index contributed by atoms with van der Waals surface area (Å²) in [6.07, 6.45) is 1.32. The van der Waals surface area contributed by atoms with E-state index in [9.17, 15) is 5.11 Å². The van der Waals surface area contributed by atoms with E-state index in [-0.39, 0.29) is 6.61 Å². The third-order valence-electron chi connectivity index (χ3n) is 3.32. The first-order valence-electron chi connectivity index (χ1n) is 7.08. The van der Waals surface area contributed by atoms with E-state index >= 15 is 0 Å². The SMILES string of the molecule is Cc1ccc(C)c(OCC(O)CNc2cn(C)nc2C)c1. The summed E-state index contributed by atoms with van der Waals surface area (Å²) in [5, 5.41) is 17.4. The van der Waals surface area contributed by atoms with E-state index in [2.05, 4.69) is 10.4 Å². The topological polar surface area (TPSA) is 59.3 Å². The number of rotatable bonds is 6. The molecule has 0 bridgehead atoms.